The third-order valence-corrected chi connectivity index (χ3v) is 4.50. The molecule has 96 valence electrons. The van der Waals surface area contributed by atoms with Gasteiger partial charge in [0, 0.05) is 5.69 Å². The number of anilines is 1. The van der Waals surface area contributed by atoms with Crippen LogP contribution in [0, 0.1) is 10.9 Å². The highest BCUT2D eigenvalue weighted by atomic mass is 32.1. The van der Waals surface area contributed by atoms with Gasteiger partial charge in [-0.05, 0) is 43.4 Å². The van der Waals surface area contributed by atoms with Gasteiger partial charge in [-0.3, -0.25) is 0 Å². The minimum atomic E-state index is 0.700. The summed E-state index contributed by atoms with van der Waals surface area (Å²) in [5, 5.41) is 3.41. The molecule has 0 aliphatic rings. The molecule has 1 aromatic heterocycles. The van der Waals surface area contributed by atoms with Crippen molar-refractivity contribution >= 4 is 39.5 Å². The quantitative estimate of drug-likeness (QED) is 0.696. The van der Waals surface area contributed by atoms with E-state index in [4.69, 9.17) is 12.2 Å². The first-order valence-corrected chi connectivity index (χ1v) is 7.35. The molecule has 0 saturated heterocycles. The number of fused-ring (bicyclic) bond motifs is 1. The summed E-state index contributed by atoms with van der Waals surface area (Å²) in [5.74, 6) is 0. The summed E-state index contributed by atoms with van der Waals surface area (Å²) in [4.78, 5) is 0. The number of hydrogen-bond acceptors (Lipinski definition) is 3. The highest BCUT2D eigenvalue weighted by Gasteiger charge is 2.03. The lowest BCUT2D eigenvalue weighted by molar-refractivity contribution is 0.807. The Balaban J connectivity index is 1.87. The summed E-state index contributed by atoms with van der Waals surface area (Å²) >= 11 is 7.08. The predicted octanol–water partition coefficient (Wildman–Crippen LogP) is 4.81. The lowest BCUT2D eigenvalue weighted by Gasteiger charge is -2.09. The smallest absolute Gasteiger partial charge is 0.163 e. The molecule has 19 heavy (non-hydrogen) atoms. The number of hydrogen-bond donors (Lipinski definition) is 1. The zero-order chi connectivity index (χ0) is 13.2. The van der Waals surface area contributed by atoms with Crippen LogP contribution in [-0.4, -0.2) is 4.57 Å². The zero-order valence-electron chi connectivity index (χ0n) is 10.6. The molecule has 0 fully saturated rings. The number of benzene rings is 2. The third-order valence-electron chi connectivity index (χ3n) is 3.07. The largest absolute Gasteiger partial charge is 0.367 e. The van der Waals surface area contributed by atoms with Crippen LogP contribution in [-0.2, 0) is 6.67 Å². The molecule has 0 radical (unpaired) electrons. The molecule has 0 atom stereocenters. The van der Waals surface area contributed by atoms with Crippen LogP contribution in [0.5, 0.6) is 0 Å². The number of thiazole rings is 1. The van der Waals surface area contributed by atoms with Gasteiger partial charge in [-0.25, -0.2) is 0 Å². The number of aromatic nitrogens is 1. The molecule has 0 bridgehead atoms. The Morgan fingerprint density at radius 2 is 1.84 bits per heavy atom. The molecule has 3 rings (SSSR count). The van der Waals surface area contributed by atoms with Crippen molar-refractivity contribution in [3.8, 4) is 0 Å². The van der Waals surface area contributed by atoms with Crippen molar-refractivity contribution in [2.24, 2.45) is 0 Å². The molecular weight excluding hydrogens is 272 g/mol. The third kappa shape index (κ3) is 2.55. The topological polar surface area (TPSA) is 17.0 Å². The van der Waals surface area contributed by atoms with E-state index in [2.05, 4.69) is 53.2 Å². The number of nitrogens with zero attached hydrogens (tertiary/aromatic N) is 1. The lowest BCUT2D eigenvalue weighted by atomic mass is 10.2. The fourth-order valence-corrected chi connectivity index (χ4v) is 3.33. The molecule has 1 N–H and O–H groups in total. The van der Waals surface area contributed by atoms with E-state index in [0.717, 1.165) is 9.64 Å². The van der Waals surface area contributed by atoms with Gasteiger partial charge in [0.25, 0.3) is 0 Å². The van der Waals surface area contributed by atoms with Crippen LogP contribution in [0.4, 0.5) is 5.69 Å². The van der Waals surface area contributed by atoms with Gasteiger partial charge in [-0.1, -0.05) is 29.8 Å². The van der Waals surface area contributed by atoms with Gasteiger partial charge in [0.2, 0.25) is 0 Å². The second-order valence-corrected chi connectivity index (χ2v) is 6.14. The number of para-hydroxylation sites is 1. The molecule has 2 nitrogen and oxygen atoms in total. The monoisotopic (exact) mass is 286 g/mol. The van der Waals surface area contributed by atoms with Gasteiger partial charge in [-0.15, -0.1) is 11.3 Å². The first-order valence-electron chi connectivity index (χ1n) is 6.13. The van der Waals surface area contributed by atoms with Crippen LogP contribution < -0.4 is 5.32 Å². The van der Waals surface area contributed by atoms with E-state index in [1.54, 1.807) is 11.3 Å². The van der Waals surface area contributed by atoms with Crippen molar-refractivity contribution in [3.63, 3.8) is 0 Å². The van der Waals surface area contributed by atoms with Crippen molar-refractivity contribution in [2.75, 3.05) is 5.32 Å². The van der Waals surface area contributed by atoms with Gasteiger partial charge < -0.3 is 9.88 Å². The molecule has 0 amide bonds. The van der Waals surface area contributed by atoms with Crippen molar-refractivity contribution in [1.82, 2.24) is 4.57 Å². The predicted molar refractivity (Wildman–Crippen MR) is 85.5 cm³/mol. The van der Waals surface area contributed by atoms with Gasteiger partial charge in [-0.2, -0.15) is 0 Å². The maximum atomic E-state index is 5.43. The van der Waals surface area contributed by atoms with Gasteiger partial charge in [0.05, 0.1) is 16.9 Å². The first-order chi connectivity index (χ1) is 9.24. The van der Waals surface area contributed by atoms with Crippen molar-refractivity contribution in [3.05, 3.63) is 58.0 Å². The van der Waals surface area contributed by atoms with Crippen molar-refractivity contribution in [1.29, 1.82) is 0 Å². The van der Waals surface area contributed by atoms with E-state index < -0.39 is 0 Å². The second-order valence-electron chi connectivity index (χ2n) is 4.46. The summed E-state index contributed by atoms with van der Waals surface area (Å²) in [5.41, 5.74) is 3.57. The lowest BCUT2D eigenvalue weighted by Crippen LogP contribution is -2.07. The SMILES string of the molecule is Cc1ccc(NCn2c(=S)sc3ccccc32)cc1. The normalized spacial score (nSPS) is 10.8. The summed E-state index contributed by atoms with van der Waals surface area (Å²) in [6.07, 6.45) is 0. The van der Waals surface area contributed by atoms with Crippen molar-refractivity contribution in [2.45, 2.75) is 13.6 Å². The van der Waals surface area contributed by atoms with E-state index in [9.17, 15) is 0 Å². The highest BCUT2D eigenvalue weighted by molar-refractivity contribution is 7.73. The Bertz CT molecular complexity index is 754. The van der Waals surface area contributed by atoms with E-state index >= 15 is 0 Å². The average Bonchev–Trinajstić information content (AvgIpc) is 2.74. The summed E-state index contributed by atoms with van der Waals surface area (Å²) in [6.45, 7) is 2.79. The maximum Gasteiger partial charge on any atom is 0.163 e. The minimum absolute atomic E-state index is 0.700. The second kappa shape index (κ2) is 5.15. The van der Waals surface area contributed by atoms with Crippen LogP contribution in [0.3, 0.4) is 0 Å². The molecule has 3 aromatic rings. The van der Waals surface area contributed by atoms with E-state index in [1.807, 2.05) is 12.1 Å². The molecular formula is C15H14N2S2. The molecule has 0 unspecified atom stereocenters. The molecule has 0 aliphatic carbocycles. The van der Waals surface area contributed by atoms with E-state index in [-0.39, 0.29) is 0 Å². The maximum absolute atomic E-state index is 5.43. The average molecular weight is 286 g/mol. The van der Waals surface area contributed by atoms with E-state index in [0.29, 0.717) is 6.67 Å². The van der Waals surface area contributed by atoms with Gasteiger partial charge >= 0.3 is 0 Å². The fourth-order valence-electron chi connectivity index (χ4n) is 2.01. The molecule has 1 heterocycles. The fraction of sp³-hybridized carbons (Fsp3) is 0.133. The summed E-state index contributed by atoms with van der Waals surface area (Å²) < 4.78 is 4.27. The molecule has 0 aliphatic heterocycles. The van der Waals surface area contributed by atoms with Crippen LogP contribution in [0.1, 0.15) is 5.56 Å². The number of rotatable bonds is 3. The van der Waals surface area contributed by atoms with E-state index in [1.165, 1.54) is 15.8 Å². The first kappa shape index (κ1) is 12.4. The van der Waals surface area contributed by atoms with Crippen LogP contribution in [0.2, 0.25) is 0 Å². The van der Waals surface area contributed by atoms with Gasteiger partial charge in [0.15, 0.2) is 3.95 Å². The Labute approximate surface area is 121 Å². The number of nitrogens with one attached hydrogen (secondary N) is 1. The van der Waals surface area contributed by atoms with Crippen molar-refractivity contribution < 1.29 is 0 Å². The van der Waals surface area contributed by atoms with Crippen LogP contribution in [0.15, 0.2) is 48.5 Å². The summed E-state index contributed by atoms with van der Waals surface area (Å²) in [7, 11) is 0. The molecule has 4 heteroatoms. The molecule has 0 spiro atoms. The number of aryl methyl sites for hydroxylation is 1. The molecule has 2 aromatic carbocycles. The Morgan fingerprint density at radius 1 is 1.11 bits per heavy atom. The Kier molecular flexibility index (Phi) is 3.36. The van der Waals surface area contributed by atoms with Crippen LogP contribution >= 0.6 is 23.6 Å². The standard InChI is InChI=1S/C15H14N2S2/c1-11-6-8-12(9-7-11)16-10-17-13-4-2-3-5-14(13)19-15(17)18/h2-9,16H,10H2,1H3. The zero-order valence-corrected chi connectivity index (χ0v) is 12.2. The van der Waals surface area contributed by atoms with Gasteiger partial charge in [0.1, 0.15) is 0 Å². The highest BCUT2D eigenvalue weighted by Crippen LogP contribution is 2.22. The minimum Gasteiger partial charge on any atom is -0.367 e. The molecule has 0 saturated carbocycles. The Morgan fingerprint density at radius 3 is 2.63 bits per heavy atom. The Hall–Kier alpha value is -1.65. The summed E-state index contributed by atoms with van der Waals surface area (Å²) in [6, 6.07) is 16.7. The van der Waals surface area contributed by atoms with Crippen LogP contribution in [0.25, 0.3) is 10.2 Å².